The van der Waals surface area contributed by atoms with E-state index in [1.54, 1.807) is 7.11 Å². The summed E-state index contributed by atoms with van der Waals surface area (Å²) in [4.78, 5) is 14.4. The van der Waals surface area contributed by atoms with Crippen LogP contribution in [0.3, 0.4) is 0 Å². The molecule has 24 heavy (non-hydrogen) atoms. The van der Waals surface area contributed by atoms with E-state index in [-0.39, 0.29) is 6.03 Å². The van der Waals surface area contributed by atoms with Crippen LogP contribution >= 0.6 is 0 Å². The van der Waals surface area contributed by atoms with Crippen molar-refractivity contribution in [1.29, 1.82) is 0 Å². The fourth-order valence-corrected chi connectivity index (χ4v) is 3.27. The molecule has 2 rings (SSSR count). The number of urea groups is 1. The van der Waals surface area contributed by atoms with Crippen molar-refractivity contribution in [3.05, 3.63) is 29.3 Å². The summed E-state index contributed by atoms with van der Waals surface area (Å²) in [5, 5.41) is 5.85. The maximum atomic E-state index is 11.9. The number of hydrogen-bond acceptors (Lipinski definition) is 3. The number of hydrogen-bond donors (Lipinski definition) is 2. The molecule has 1 fully saturated rings. The molecule has 134 valence electrons. The topological polar surface area (TPSA) is 53.6 Å². The molecule has 0 aromatic heterocycles. The van der Waals surface area contributed by atoms with Gasteiger partial charge in [0.15, 0.2) is 0 Å². The Labute approximate surface area is 145 Å². The lowest BCUT2D eigenvalue weighted by Crippen LogP contribution is -2.40. The Morgan fingerprint density at radius 3 is 2.88 bits per heavy atom. The molecule has 5 nitrogen and oxygen atoms in total. The molecule has 0 spiro atoms. The lowest BCUT2D eigenvalue weighted by Gasteiger charge is -2.33. The normalized spacial score (nSPS) is 18.2. The van der Waals surface area contributed by atoms with Crippen LogP contribution in [-0.4, -0.2) is 43.7 Å². The van der Waals surface area contributed by atoms with Crippen LogP contribution in [-0.2, 0) is 6.54 Å². The highest BCUT2D eigenvalue weighted by Gasteiger charge is 2.17. The second-order valence-electron chi connectivity index (χ2n) is 6.65. The molecule has 2 N–H and O–H groups in total. The Morgan fingerprint density at radius 1 is 1.33 bits per heavy atom. The van der Waals surface area contributed by atoms with E-state index in [1.807, 2.05) is 25.1 Å². The maximum absolute atomic E-state index is 11.9. The highest BCUT2D eigenvalue weighted by Crippen LogP contribution is 2.18. The summed E-state index contributed by atoms with van der Waals surface area (Å²) < 4.78 is 5.24. The number of nitrogens with zero attached hydrogens (tertiary/aromatic N) is 1. The van der Waals surface area contributed by atoms with Crippen LogP contribution in [0, 0.1) is 6.92 Å². The molecule has 1 aromatic rings. The SMILES string of the molecule is COc1ccc(CNC(=O)NCCCN2CCCCC2C)cc1C. The van der Waals surface area contributed by atoms with E-state index in [9.17, 15) is 4.79 Å². The minimum atomic E-state index is -0.102. The lowest BCUT2D eigenvalue weighted by atomic mass is 10.0. The first-order valence-electron chi connectivity index (χ1n) is 8.99. The van der Waals surface area contributed by atoms with Crippen molar-refractivity contribution in [3.8, 4) is 5.75 Å². The van der Waals surface area contributed by atoms with E-state index in [4.69, 9.17) is 4.74 Å². The van der Waals surface area contributed by atoms with E-state index < -0.39 is 0 Å². The van der Waals surface area contributed by atoms with Gasteiger partial charge in [0.05, 0.1) is 7.11 Å². The molecule has 1 unspecified atom stereocenters. The van der Waals surface area contributed by atoms with Gasteiger partial charge in [0.25, 0.3) is 0 Å². The van der Waals surface area contributed by atoms with Gasteiger partial charge in [-0.15, -0.1) is 0 Å². The van der Waals surface area contributed by atoms with Gasteiger partial charge in [-0.05, 0) is 56.8 Å². The number of nitrogens with one attached hydrogen (secondary N) is 2. The Morgan fingerprint density at radius 2 is 2.17 bits per heavy atom. The van der Waals surface area contributed by atoms with Gasteiger partial charge >= 0.3 is 6.03 Å². The first kappa shape index (κ1) is 18.6. The van der Waals surface area contributed by atoms with Crippen LogP contribution in [0.15, 0.2) is 18.2 Å². The standard InChI is InChI=1S/C19H31N3O2/c1-15-13-17(8-9-18(15)24-3)14-21-19(23)20-10-6-12-22-11-5-4-7-16(22)2/h8-9,13,16H,4-7,10-12,14H2,1-3H3,(H2,20,21,23). The van der Waals surface area contributed by atoms with Gasteiger partial charge in [-0.2, -0.15) is 0 Å². The predicted molar refractivity (Wildman–Crippen MR) is 97.5 cm³/mol. The van der Waals surface area contributed by atoms with Gasteiger partial charge in [-0.1, -0.05) is 18.6 Å². The van der Waals surface area contributed by atoms with Crippen molar-refractivity contribution in [2.45, 2.75) is 52.1 Å². The molecule has 1 atom stereocenters. The van der Waals surface area contributed by atoms with Gasteiger partial charge in [-0.3, -0.25) is 0 Å². The largest absolute Gasteiger partial charge is 0.496 e. The van der Waals surface area contributed by atoms with Crippen molar-refractivity contribution < 1.29 is 9.53 Å². The molecule has 0 bridgehead atoms. The van der Waals surface area contributed by atoms with Gasteiger partial charge in [0.2, 0.25) is 0 Å². The summed E-state index contributed by atoms with van der Waals surface area (Å²) in [6.45, 7) is 7.82. The predicted octanol–water partition coefficient (Wildman–Crippen LogP) is 3.07. The molecular weight excluding hydrogens is 302 g/mol. The summed E-state index contributed by atoms with van der Waals surface area (Å²) in [5.74, 6) is 0.871. The van der Waals surface area contributed by atoms with Crippen molar-refractivity contribution in [1.82, 2.24) is 15.5 Å². The molecule has 1 heterocycles. The Hall–Kier alpha value is -1.75. The van der Waals surface area contributed by atoms with Crippen LogP contribution in [0.2, 0.25) is 0 Å². The summed E-state index contributed by atoms with van der Waals surface area (Å²) in [5.41, 5.74) is 2.15. The molecule has 2 amide bonds. The Bertz CT molecular complexity index is 533. The second kappa shape index (κ2) is 9.52. The molecule has 0 saturated carbocycles. The van der Waals surface area contributed by atoms with Crippen molar-refractivity contribution >= 4 is 6.03 Å². The third kappa shape index (κ3) is 5.71. The number of benzene rings is 1. The zero-order valence-corrected chi connectivity index (χ0v) is 15.2. The van der Waals surface area contributed by atoms with E-state index >= 15 is 0 Å². The summed E-state index contributed by atoms with van der Waals surface area (Å²) >= 11 is 0. The number of aryl methyl sites for hydroxylation is 1. The first-order valence-corrected chi connectivity index (χ1v) is 8.99. The zero-order chi connectivity index (χ0) is 17.4. The number of ether oxygens (including phenoxy) is 1. The third-order valence-corrected chi connectivity index (χ3v) is 4.76. The molecule has 1 saturated heterocycles. The van der Waals surface area contributed by atoms with Gasteiger partial charge in [0.1, 0.15) is 5.75 Å². The average Bonchev–Trinajstić information content (AvgIpc) is 2.58. The van der Waals surface area contributed by atoms with Crippen molar-refractivity contribution in [2.75, 3.05) is 26.7 Å². The molecular formula is C19H31N3O2. The zero-order valence-electron chi connectivity index (χ0n) is 15.2. The smallest absolute Gasteiger partial charge is 0.315 e. The second-order valence-corrected chi connectivity index (χ2v) is 6.65. The van der Waals surface area contributed by atoms with Crippen LogP contribution < -0.4 is 15.4 Å². The van der Waals surface area contributed by atoms with Crippen LogP contribution in [0.4, 0.5) is 4.79 Å². The third-order valence-electron chi connectivity index (χ3n) is 4.76. The van der Waals surface area contributed by atoms with Gasteiger partial charge in [0, 0.05) is 25.7 Å². The first-order chi connectivity index (χ1) is 11.6. The number of likely N-dealkylation sites (tertiary alicyclic amines) is 1. The number of amides is 2. The minimum Gasteiger partial charge on any atom is -0.496 e. The van der Waals surface area contributed by atoms with Crippen LogP contribution in [0.5, 0.6) is 5.75 Å². The number of piperidine rings is 1. The summed E-state index contributed by atoms with van der Waals surface area (Å²) in [7, 11) is 1.67. The minimum absolute atomic E-state index is 0.102. The van der Waals surface area contributed by atoms with E-state index in [0.29, 0.717) is 12.6 Å². The molecule has 1 aliphatic rings. The van der Waals surface area contributed by atoms with Gasteiger partial charge < -0.3 is 20.3 Å². The van der Waals surface area contributed by atoms with Crippen LogP contribution in [0.1, 0.15) is 43.7 Å². The summed E-state index contributed by atoms with van der Waals surface area (Å²) in [6.07, 6.45) is 4.96. The maximum Gasteiger partial charge on any atom is 0.315 e. The van der Waals surface area contributed by atoms with Gasteiger partial charge in [-0.25, -0.2) is 4.79 Å². The van der Waals surface area contributed by atoms with Crippen molar-refractivity contribution in [2.24, 2.45) is 0 Å². The number of methoxy groups -OCH3 is 1. The van der Waals surface area contributed by atoms with Crippen molar-refractivity contribution in [3.63, 3.8) is 0 Å². The fraction of sp³-hybridized carbons (Fsp3) is 0.632. The van der Waals surface area contributed by atoms with E-state index in [1.165, 1.54) is 25.8 Å². The van der Waals surface area contributed by atoms with E-state index in [0.717, 1.165) is 36.4 Å². The van der Waals surface area contributed by atoms with Crippen LogP contribution in [0.25, 0.3) is 0 Å². The number of rotatable bonds is 7. The number of carbonyl (C=O) groups is 1. The highest BCUT2D eigenvalue weighted by atomic mass is 16.5. The van der Waals surface area contributed by atoms with E-state index in [2.05, 4.69) is 22.5 Å². The molecule has 1 aromatic carbocycles. The quantitative estimate of drug-likeness (QED) is 0.754. The molecule has 5 heteroatoms. The highest BCUT2D eigenvalue weighted by molar-refractivity contribution is 5.73. The Kier molecular flexibility index (Phi) is 7.37. The monoisotopic (exact) mass is 333 g/mol. The lowest BCUT2D eigenvalue weighted by molar-refractivity contribution is 0.159. The molecule has 0 radical (unpaired) electrons. The molecule has 1 aliphatic heterocycles. The number of carbonyl (C=O) groups excluding carboxylic acids is 1. The fourth-order valence-electron chi connectivity index (χ4n) is 3.27. The average molecular weight is 333 g/mol. The summed E-state index contributed by atoms with van der Waals surface area (Å²) in [6, 6.07) is 6.53. The Balaban J connectivity index is 1.62. The molecule has 0 aliphatic carbocycles.